The van der Waals surface area contributed by atoms with Crippen molar-refractivity contribution in [1.29, 1.82) is 0 Å². The van der Waals surface area contributed by atoms with Gasteiger partial charge in [0.05, 0.1) is 0 Å². The molecule has 0 aliphatic carbocycles. The number of aromatic nitrogens is 2. The predicted molar refractivity (Wildman–Crippen MR) is 134 cm³/mol. The highest BCUT2D eigenvalue weighted by Gasteiger charge is 2.54. The average molecular weight is 485 g/mol. The number of imide groups is 1. The number of carbonyl (C=O) groups excluding carboxylic acids is 3. The van der Waals surface area contributed by atoms with Crippen LogP contribution in [-0.2, 0) is 15.1 Å². The Bertz CT molecular complexity index is 1220. The van der Waals surface area contributed by atoms with Crippen LogP contribution in [0.5, 0.6) is 0 Å². The molecule has 0 spiro atoms. The molecule has 2 saturated heterocycles. The molecule has 36 heavy (non-hydrogen) atoms. The van der Waals surface area contributed by atoms with Gasteiger partial charge in [0.1, 0.15) is 6.54 Å². The van der Waals surface area contributed by atoms with Crippen molar-refractivity contribution >= 4 is 23.8 Å². The highest BCUT2D eigenvalue weighted by Crippen LogP contribution is 2.36. The number of aryl methyl sites for hydroxylation is 2. The first kappa shape index (κ1) is 23.5. The van der Waals surface area contributed by atoms with E-state index in [0.29, 0.717) is 43.3 Å². The largest absolute Gasteiger partial charge is 0.338 e. The van der Waals surface area contributed by atoms with Crippen LogP contribution in [0.15, 0.2) is 67.0 Å². The fourth-order valence-corrected chi connectivity index (χ4v) is 4.73. The second kappa shape index (κ2) is 9.41. The van der Waals surface area contributed by atoms with Crippen LogP contribution in [0.25, 0.3) is 0 Å². The molecule has 3 aromatic rings. The third kappa shape index (κ3) is 4.17. The van der Waals surface area contributed by atoms with E-state index in [0.717, 1.165) is 16.0 Å². The second-order valence-corrected chi connectivity index (χ2v) is 9.22. The number of nitrogens with one attached hydrogen (secondary N) is 1. The molecule has 3 heterocycles. The van der Waals surface area contributed by atoms with Crippen LogP contribution >= 0.6 is 0 Å². The number of piperazine rings is 1. The van der Waals surface area contributed by atoms with Gasteiger partial charge in [-0.3, -0.25) is 14.5 Å². The fourth-order valence-electron chi connectivity index (χ4n) is 4.73. The molecule has 2 fully saturated rings. The zero-order chi connectivity index (χ0) is 25.3. The molecule has 5 rings (SSSR count). The van der Waals surface area contributed by atoms with Gasteiger partial charge in [-0.05, 0) is 31.0 Å². The van der Waals surface area contributed by atoms with E-state index in [4.69, 9.17) is 0 Å². The molecule has 0 radical (unpaired) electrons. The van der Waals surface area contributed by atoms with Gasteiger partial charge in [0.2, 0.25) is 11.9 Å². The van der Waals surface area contributed by atoms with Gasteiger partial charge in [-0.25, -0.2) is 14.8 Å². The van der Waals surface area contributed by atoms with Crippen molar-refractivity contribution in [2.75, 3.05) is 37.6 Å². The van der Waals surface area contributed by atoms with Gasteiger partial charge in [0, 0.05) is 38.6 Å². The molecule has 9 nitrogen and oxygen atoms in total. The molecular weight excluding hydrogens is 456 g/mol. The lowest BCUT2D eigenvalue weighted by molar-refractivity contribution is -0.138. The van der Waals surface area contributed by atoms with Crippen LogP contribution in [0.2, 0.25) is 0 Å². The minimum absolute atomic E-state index is 0.268. The quantitative estimate of drug-likeness (QED) is 0.558. The Kier molecular flexibility index (Phi) is 6.13. The third-order valence-electron chi connectivity index (χ3n) is 6.84. The summed E-state index contributed by atoms with van der Waals surface area (Å²) in [6.07, 6.45) is 3.37. The molecule has 2 aromatic carbocycles. The number of hydrogen-bond donors (Lipinski definition) is 1. The predicted octanol–water partition coefficient (Wildman–Crippen LogP) is 2.24. The van der Waals surface area contributed by atoms with Gasteiger partial charge in [0.25, 0.3) is 5.91 Å². The number of amides is 4. The van der Waals surface area contributed by atoms with Crippen molar-refractivity contribution in [3.63, 3.8) is 0 Å². The van der Waals surface area contributed by atoms with E-state index in [-0.39, 0.29) is 12.5 Å². The minimum Gasteiger partial charge on any atom is -0.338 e. The smallest absolute Gasteiger partial charge is 0.326 e. The third-order valence-corrected chi connectivity index (χ3v) is 6.84. The van der Waals surface area contributed by atoms with E-state index >= 15 is 0 Å². The van der Waals surface area contributed by atoms with Crippen LogP contribution in [0, 0.1) is 13.8 Å². The molecule has 4 amide bonds. The van der Waals surface area contributed by atoms with Crippen molar-refractivity contribution in [2.24, 2.45) is 0 Å². The molecule has 0 bridgehead atoms. The van der Waals surface area contributed by atoms with Crippen LogP contribution in [0.1, 0.15) is 22.3 Å². The van der Waals surface area contributed by atoms with Gasteiger partial charge in [0.15, 0.2) is 5.54 Å². The highest BCUT2D eigenvalue weighted by atomic mass is 16.2. The SMILES string of the molecule is Cc1ccc(C2(c3ccc(C)cc3)NC(=O)N(CC(=O)N3CCN(c4ncccn4)CC3)C2=O)cc1. The van der Waals surface area contributed by atoms with E-state index in [1.165, 1.54) is 0 Å². The zero-order valence-corrected chi connectivity index (χ0v) is 20.3. The number of rotatable bonds is 5. The maximum Gasteiger partial charge on any atom is 0.326 e. The van der Waals surface area contributed by atoms with Crippen molar-refractivity contribution in [2.45, 2.75) is 19.4 Å². The summed E-state index contributed by atoms with van der Waals surface area (Å²) in [6.45, 7) is 5.69. The summed E-state index contributed by atoms with van der Waals surface area (Å²) in [4.78, 5) is 53.5. The Morgan fingerprint density at radius 1 is 0.861 bits per heavy atom. The number of benzene rings is 2. The van der Waals surface area contributed by atoms with Crippen molar-refractivity contribution < 1.29 is 14.4 Å². The summed E-state index contributed by atoms with van der Waals surface area (Å²) >= 11 is 0. The second-order valence-electron chi connectivity index (χ2n) is 9.22. The van der Waals surface area contributed by atoms with E-state index in [2.05, 4.69) is 15.3 Å². The van der Waals surface area contributed by atoms with Gasteiger partial charge in [-0.2, -0.15) is 0 Å². The lowest BCUT2D eigenvalue weighted by atomic mass is 9.82. The topological polar surface area (TPSA) is 98.7 Å². The Hall–Kier alpha value is -4.27. The fraction of sp³-hybridized carbons (Fsp3) is 0.296. The number of urea groups is 1. The number of hydrogen-bond acceptors (Lipinski definition) is 6. The Balaban J connectivity index is 1.36. The summed E-state index contributed by atoms with van der Waals surface area (Å²) in [5, 5.41) is 2.92. The molecule has 1 N–H and O–H groups in total. The first-order valence-corrected chi connectivity index (χ1v) is 12.0. The van der Waals surface area contributed by atoms with Gasteiger partial charge in [-0.15, -0.1) is 0 Å². The summed E-state index contributed by atoms with van der Waals surface area (Å²) in [5.41, 5.74) is 2.01. The molecular formula is C27H28N6O3. The first-order chi connectivity index (χ1) is 17.4. The number of nitrogens with zero attached hydrogens (tertiary/aromatic N) is 5. The Labute approximate surface area is 209 Å². The van der Waals surface area contributed by atoms with Crippen molar-refractivity contribution in [3.8, 4) is 0 Å². The summed E-state index contributed by atoms with van der Waals surface area (Å²) < 4.78 is 0. The standard InChI is InChI=1S/C27H28N6O3/c1-19-4-8-21(9-5-19)27(22-10-6-20(2)7-11-22)24(35)33(26(36)30-27)18-23(34)31-14-16-32(17-15-31)25-28-12-3-13-29-25/h3-13H,14-18H2,1-2H3,(H,30,36). The van der Waals surface area contributed by atoms with Crippen LogP contribution < -0.4 is 10.2 Å². The van der Waals surface area contributed by atoms with Crippen molar-refractivity contribution in [3.05, 3.63) is 89.2 Å². The van der Waals surface area contributed by atoms with Crippen LogP contribution in [0.3, 0.4) is 0 Å². The Morgan fingerprint density at radius 2 is 1.39 bits per heavy atom. The minimum atomic E-state index is -1.39. The monoisotopic (exact) mass is 484 g/mol. The van der Waals surface area contributed by atoms with E-state index in [9.17, 15) is 14.4 Å². The molecule has 0 saturated carbocycles. The molecule has 184 valence electrons. The summed E-state index contributed by atoms with van der Waals surface area (Å²) in [7, 11) is 0. The summed E-state index contributed by atoms with van der Waals surface area (Å²) in [5.74, 6) is -0.0969. The average Bonchev–Trinajstić information content (AvgIpc) is 3.15. The maximum absolute atomic E-state index is 13.9. The lowest BCUT2D eigenvalue weighted by Crippen LogP contribution is -2.52. The van der Waals surface area contributed by atoms with Gasteiger partial charge in [-0.1, -0.05) is 59.7 Å². The molecule has 2 aliphatic rings. The Morgan fingerprint density at radius 3 is 1.92 bits per heavy atom. The van der Waals surface area contributed by atoms with E-state index in [1.807, 2.05) is 67.3 Å². The molecule has 9 heteroatoms. The van der Waals surface area contributed by atoms with Gasteiger partial charge >= 0.3 is 6.03 Å². The first-order valence-electron chi connectivity index (χ1n) is 12.0. The van der Waals surface area contributed by atoms with Crippen LogP contribution in [-0.4, -0.2) is 70.3 Å². The summed E-state index contributed by atoms with van der Waals surface area (Å²) in [6, 6.07) is 16.2. The van der Waals surface area contributed by atoms with E-state index in [1.54, 1.807) is 23.4 Å². The van der Waals surface area contributed by atoms with Gasteiger partial charge < -0.3 is 15.1 Å². The normalized spacial score (nSPS) is 17.3. The highest BCUT2D eigenvalue weighted by molar-refractivity contribution is 6.11. The molecule has 2 aliphatic heterocycles. The van der Waals surface area contributed by atoms with E-state index < -0.39 is 17.5 Å². The lowest BCUT2D eigenvalue weighted by Gasteiger charge is -2.35. The molecule has 0 atom stereocenters. The molecule has 1 aromatic heterocycles. The zero-order valence-electron chi connectivity index (χ0n) is 20.3. The number of carbonyl (C=O) groups is 3. The van der Waals surface area contributed by atoms with Crippen LogP contribution in [0.4, 0.5) is 10.7 Å². The maximum atomic E-state index is 13.9. The molecule has 0 unspecified atom stereocenters. The number of anilines is 1. The van der Waals surface area contributed by atoms with Crippen molar-refractivity contribution in [1.82, 2.24) is 25.1 Å².